The highest BCUT2D eigenvalue weighted by molar-refractivity contribution is 5.75. The van der Waals surface area contributed by atoms with Gasteiger partial charge in [-0.1, -0.05) is 0 Å². The molecule has 0 saturated heterocycles. The summed E-state index contributed by atoms with van der Waals surface area (Å²) in [6, 6.07) is 0. The summed E-state index contributed by atoms with van der Waals surface area (Å²) in [6.07, 6.45) is 4.24. The smallest absolute Gasteiger partial charge is 0.221 e. The number of hydrogen-bond acceptors (Lipinski definition) is 3. The van der Waals surface area contributed by atoms with Crippen LogP contribution in [0.3, 0.4) is 0 Å². The van der Waals surface area contributed by atoms with Crippen LogP contribution < -0.4 is 5.32 Å². The van der Waals surface area contributed by atoms with Crippen LogP contribution in [0.25, 0.3) is 0 Å². The summed E-state index contributed by atoms with van der Waals surface area (Å²) >= 11 is 0. The van der Waals surface area contributed by atoms with E-state index >= 15 is 0 Å². The molecule has 0 spiro atoms. The molecule has 0 bridgehead atoms. The minimum atomic E-state index is 0.151. The van der Waals surface area contributed by atoms with Crippen LogP contribution in [0.5, 0.6) is 0 Å². The highest BCUT2D eigenvalue weighted by Gasteiger charge is 2.31. The van der Waals surface area contributed by atoms with Crippen LogP contribution in [-0.2, 0) is 24.8 Å². The Hall–Kier alpha value is -1.36. The summed E-state index contributed by atoms with van der Waals surface area (Å²) in [5.41, 5.74) is 2.64. The Morgan fingerprint density at radius 2 is 2.25 bits per heavy atom. The number of carbonyl (C=O) groups excluding carboxylic acids is 1. The number of carbonyl (C=O) groups is 1. The van der Waals surface area contributed by atoms with Gasteiger partial charge in [0.15, 0.2) is 0 Å². The van der Waals surface area contributed by atoms with Gasteiger partial charge in [0.05, 0.1) is 5.69 Å². The predicted molar refractivity (Wildman–Crippen MR) is 77.5 cm³/mol. The van der Waals surface area contributed by atoms with Crippen molar-refractivity contribution in [3.05, 3.63) is 17.2 Å². The van der Waals surface area contributed by atoms with Crippen LogP contribution in [-0.4, -0.2) is 40.0 Å². The van der Waals surface area contributed by atoms with E-state index in [1.54, 1.807) is 0 Å². The second-order valence-electron chi connectivity index (χ2n) is 5.93. The highest BCUT2D eigenvalue weighted by atomic mass is 16.1. The highest BCUT2D eigenvalue weighted by Crippen LogP contribution is 2.40. The quantitative estimate of drug-likeness (QED) is 0.878. The first-order valence-corrected chi connectivity index (χ1v) is 7.72. The van der Waals surface area contributed by atoms with E-state index in [0.29, 0.717) is 18.9 Å². The summed E-state index contributed by atoms with van der Waals surface area (Å²) < 4.78 is 2.31. The molecule has 5 nitrogen and oxygen atoms in total. The van der Waals surface area contributed by atoms with E-state index in [2.05, 4.69) is 21.8 Å². The standard InChI is InChI=1S/C15H24N4O/c1-3-16-14(20)7-9-19-8-6-13-12(10-19)17-15(18(13)2)11-4-5-11/h11H,3-10H2,1-2H3,(H,16,20). The molecule has 2 heterocycles. The lowest BCUT2D eigenvalue weighted by atomic mass is 10.1. The van der Waals surface area contributed by atoms with E-state index in [1.165, 1.54) is 30.1 Å². The van der Waals surface area contributed by atoms with Gasteiger partial charge in [-0.15, -0.1) is 0 Å². The van der Waals surface area contributed by atoms with Crippen molar-refractivity contribution in [2.24, 2.45) is 7.05 Å². The molecule has 2 aliphatic rings. The zero-order valence-electron chi connectivity index (χ0n) is 12.5. The van der Waals surface area contributed by atoms with E-state index in [4.69, 9.17) is 4.98 Å². The van der Waals surface area contributed by atoms with Gasteiger partial charge < -0.3 is 9.88 Å². The molecule has 1 aliphatic carbocycles. The van der Waals surface area contributed by atoms with Crippen LogP contribution in [0.1, 0.15) is 49.3 Å². The lowest BCUT2D eigenvalue weighted by Gasteiger charge is -2.26. The summed E-state index contributed by atoms with van der Waals surface area (Å²) in [4.78, 5) is 18.7. The SMILES string of the molecule is CCNC(=O)CCN1CCc2c(nc(C3CC3)n2C)C1. The van der Waals surface area contributed by atoms with Crippen LogP contribution >= 0.6 is 0 Å². The normalized spacial score (nSPS) is 18.9. The second-order valence-corrected chi connectivity index (χ2v) is 5.93. The fraction of sp³-hybridized carbons (Fsp3) is 0.733. The minimum Gasteiger partial charge on any atom is -0.356 e. The molecule has 0 radical (unpaired) electrons. The van der Waals surface area contributed by atoms with Crippen LogP contribution in [0.15, 0.2) is 0 Å². The number of nitrogens with zero attached hydrogens (tertiary/aromatic N) is 3. The molecule has 0 unspecified atom stereocenters. The summed E-state index contributed by atoms with van der Waals surface area (Å²) in [5, 5.41) is 2.86. The van der Waals surface area contributed by atoms with Gasteiger partial charge in [0.1, 0.15) is 5.82 Å². The Labute approximate surface area is 120 Å². The maximum absolute atomic E-state index is 11.5. The third kappa shape index (κ3) is 2.73. The Morgan fingerprint density at radius 3 is 2.95 bits per heavy atom. The molecule has 5 heteroatoms. The van der Waals surface area contributed by atoms with Gasteiger partial charge in [-0.25, -0.2) is 4.98 Å². The first kappa shape index (κ1) is 13.6. The van der Waals surface area contributed by atoms with E-state index < -0.39 is 0 Å². The molecule has 1 aromatic heterocycles. The number of amides is 1. The van der Waals surface area contributed by atoms with Crippen molar-refractivity contribution in [1.29, 1.82) is 0 Å². The van der Waals surface area contributed by atoms with Gasteiger partial charge in [-0.2, -0.15) is 0 Å². The molecule has 1 aliphatic heterocycles. The maximum Gasteiger partial charge on any atom is 0.221 e. The number of rotatable bonds is 5. The Kier molecular flexibility index (Phi) is 3.78. The third-order valence-electron chi connectivity index (χ3n) is 4.34. The van der Waals surface area contributed by atoms with Crippen molar-refractivity contribution in [2.75, 3.05) is 19.6 Å². The second kappa shape index (κ2) is 5.56. The average Bonchev–Trinajstić information content (AvgIpc) is 3.22. The van der Waals surface area contributed by atoms with Crippen molar-refractivity contribution < 1.29 is 4.79 Å². The van der Waals surface area contributed by atoms with Crippen LogP contribution in [0, 0.1) is 0 Å². The van der Waals surface area contributed by atoms with E-state index in [9.17, 15) is 4.79 Å². The van der Waals surface area contributed by atoms with Crippen molar-refractivity contribution in [3.63, 3.8) is 0 Å². The molecule has 0 atom stereocenters. The topological polar surface area (TPSA) is 50.2 Å². The van der Waals surface area contributed by atoms with Crippen LogP contribution in [0.4, 0.5) is 0 Å². The monoisotopic (exact) mass is 276 g/mol. The van der Waals surface area contributed by atoms with Gasteiger partial charge in [-0.05, 0) is 19.8 Å². The summed E-state index contributed by atoms with van der Waals surface area (Å²) in [5.74, 6) is 2.13. The molecular formula is C15H24N4O. The Bertz CT molecular complexity index is 504. The Balaban J connectivity index is 1.60. The number of imidazole rings is 1. The number of fused-ring (bicyclic) bond motifs is 1. The molecular weight excluding hydrogens is 252 g/mol. The fourth-order valence-electron chi connectivity index (χ4n) is 3.05. The average molecular weight is 276 g/mol. The first-order valence-electron chi connectivity index (χ1n) is 7.72. The zero-order valence-corrected chi connectivity index (χ0v) is 12.5. The summed E-state index contributed by atoms with van der Waals surface area (Å²) in [6.45, 7) is 5.44. The van der Waals surface area contributed by atoms with Crippen LogP contribution in [0.2, 0.25) is 0 Å². The number of nitrogens with one attached hydrogen (secondary N) is 1. The maximum atomic E-state index is 11.5. The Morgan fingerprint density at radius 1 is 1.45 bits per heavy atom. The lowest BCUT2D eigenvalue weighted by molar-refractivity contribution is -0.121. The number of hydrogen-bond donors (Lipinski definition) is 1. The molecule has 20 heavy (non-hydrogen) atoms. The number of aromatic nitrogens is 2. The molecule has 110 valence electrons. The van der Waals surface area contributed by atoms with Crippen molar-refractivity contribution in [1.82, 2.24) is 19.8 Å². The minimum absolute atomic E-state index is 0.151. The van der Waals surface area contributed by atoms with Crippen molar-refractivity contribution in [3.8, 4) is 0 Å². The van der Waals surface area contributed by atoms with Crippen molar-refractivity contribution >= 4 is 5.91 Å². The molecule has 0 aromatic carbocycles. The third-order valence-corrected chi connectivity index (χ3v) is 4.34. The largest absolute Gasteiger partial charge is 0.356 e. The van der Waals surface area contributed by atoms with Crippen molar-refractivity contribution in [2.45, 2.75) is 45.1 Å². The molecule has 1 saturated carbocycles. The molecule has 1 fully saturated rings. The first-order chi connectivity index (χ1) is 9.69. The predicted octanol–water partition coefficient (Wildman–Crippen LogP) is 1.18. The molecule has 1 N–H and O–H groups in total. The van der Waals surface area contributed by atoms with Gasteiger partial charge in [-0.3, -0.25) is 9.69 Å². The van der Waals surface area contributed by atoms with E-state index in [1.807, 2.05) is 6.92 Å². The molecule has 1 amide bonds. The van der Waals surface area contributed by atoms with Gasteiger partial charge >= 0.3 is 0 Å². The van der Waals surface area contributed by atoms with E-state index in [0.717, 1.165) is 26.1 Å². The molecule has 3 rings (SSSR count). The van der Waals surface area contributed by atoms with E-state index in [-0.39, 0.29) is 5.91 Å². The van der Waals surface area contributed by atoms with Gasteiger partial charge in [0, 0.05) is 57.7 Å². The molecule has 1 aromatic rings. The zero-order chi connectivity index (χ0) is 14.1. The fourth-order valence-corrected chi connectivity index (χ4v) is 3.05. The lowest BCUT2D eigenvalue weighted by Crippen LogP contribution is -2.35. The summed E-state index contributed by atoms with van der Waals surface area (Å²) in [7, 11) is 2.16. The van der Waals surface area contributed by atoms with Gasteiger partial charge in [0.2, 0.25) is 5.91 Å². The van der Waals surface area contributed by atoms with Gasteiger partial charge in [0.25, 0.3) is 0 Å².